The first-order chi connectivity index (χ1) is 17.2. The molecule has 12 nitrogen and oxygen atoms in total. The summed E-state index contributed by atoms with van der Waals surface area (Å²) >= 11 is 0. The van der Waals surface area contributed by atoms with E-state index < -0.39 is 17.2 Å². The number of piperidine rings is 1. The van der Waals surface area contributed by atoms with E-state index in [0.717, 1.165) is 0 Å². The van der Waals surface area contributed by atoms with Gasteiger partial charge in [-0.25, -0.2) is 4.98 Å². The molecule has 1 aromatic carbocycles. The van der Waals surface area contributed by atoms with Crippen LogP contribution in [0.4, 0.5) is 11.8 Å². The normalized spacial score (nSPS) is 23.8. The molecule has 0 bridgehead atoms. The molecule has 0 saturated carbocycles. The van der Waals surface area contributed by atoms with Gasteiger partial charge in [-0.3, -0.25) is 4.79 Å². The van der Waals surface area contributed by atoms with E-state index in [1.807, 2.05) is 4.90 Å². The summed E-state index contributed by atoms with van der Waals surface area (Å²) in [4.78, 5) is 27.4. The van der Waals surface area contributed by atoms with Gasteiger partial charge in [0, 0.05) is 31.6 Å². The predicted octanol–water partition coefficient (Wildman–Crippen LogP) is 0.716. The topological polar surface area (TPSA) is 181 Å². The molecule has 2 atom stereocenters. The maximum atomic E-state index is 13.0. The summed E-state index contributed by atoms with van der Waals surface area (Å²) in [5.41, 5.74) is 17.1. The monoisotopic (exact) mass is 496 g/mol. The number of nitrogens with two attached hydrogens (primary N) is 3. The van der Waals surface area contributed by atoms with Crippen LogP contribution >= 0.6 is 0 Å². The Kier molecular flexibility index (Phi) is 6.18. The number of carbonyl (C=O) groups is 1. The van der Waals surface area contributed by atoms with E-state index in [0.29, 0.717) is 68.0 Å². The molecule has 36 heavy (non-hydrogen) atoms. The van der Waals surface area contributed by atoms with Crippen molar-refractivity contribution in [2.24, 2.45) is 5.73 Å². The average molecular weight is 497 g/mol. The minimum absolute atomic E-state index is 0.0320. The van der Waals surface area contributed by atoms with Gasteiger partial charge in [-0.1, -0.05) is 0 Å². The summed E-state index contributed by atoms with van der Waals surface area (Å²) in [7, 11) is 0. The standard InChI is InChI=1S/C24H32N8O4/c1-23(34)13-24(36-12-17(23)32-14-28-18-19(26)29-22(27)30-20(18)32)6-9-31(10-7-24)21(33)15-2-4-16(5-3-15)35-11-8-25/h2-5,14,17,34H,6-13,25H2,1H3,(H4,26,27,29,30)/t17-,23-/m0/s1. The molecular weight excluding hydrogens is 464 g/mol. The SMILES string of the molecule is C[C@]1(O)CC2(CCN(C(=O)c3ccc(OCCN)cc3)CC2)OC[C@@H]1n1cnc2c(N)nc(N)nc21. The van der Waals surface area contributed by atoms with E-state index in [-0.39, 0.29) is 24.3 Å². The molecule has 4 heterocycles. The van der Waals surface area contributed by atoms with Crippen molar-refractivity contribution >= 4 is 28.8 Å². The lowest BCUT2D eigenvalue weighted by Crippen LogP contribution is -2.58. The quantitative estimate of drug-likeness (QED) is 0.393. The molecule has 2 fully saturated rings. The van der Waals surface area contributed by atoms with Gasteiger partial charge in [0.1, 0.15) is 17.9 Å². The van der Waals surface area contributed by atoms with E-state index in [9.17, 15) is 9.90 Å². The highest BCUT2D eigenvalue weighted by molar-refractivity contribution is 5.94. The van der Waals surface area contributed by atoms with Crippen molar-refractivity contribution in [3.8, 4) is 5.75 Å². The number of rotatable bonds is 5. The van der Waals surface area contributed by atoms with Gasteiger partial charge in [-0.05, 0) is 44.0 Å². The molecule has 3 aromatic rings. The van der Waals surface area contributed by atoms with Gasteiger partial charge in [-0.15, -0.1) is 0 Å². The van der Waals surface area contributed by atoms with Crippen molar-refractivity contribution in [2.45, 2.75) is 43.4 Å². The van der Waals surface area contributed by atoms with E-state index in [2.05, 4.69) is 15.0 Å². The molecule has 2 aromatic heterocycles. The minimum atomic E-state index is -1.11. The van der Waals surface area contributed by atoms with Crippen LogP contribution in [0, 0.1) is 0 Å². The summed E-state index contributed by atoms with van der Waals surface area (Å²) in [6.45, 7) is 4.01. The van der Waals surface area contributed by atoms with E-state index in [1.54, 1.807) is 42.1 Å². The third kappa shape index (κ3) is 4.43. The molecule has 2 aliphatic heterocycles. The molecule has 192 valence electrons. The smallest absolute Gasteiger partial charge is 0.253 e. The fourth-order valence-electron chi connectivity index (χ4n) is 5.31. The molecule has 0 unspecified atom stereocenters. The van der Waals surface area contributed by atoms with Crippen LogP contribution in [0.25, 0.3) is 11.2 Å². The van der Waals surface area contributed by atoms with Crippen molar-refractivity contribution in [1.29, 1.82) is 0 Å². The fraction of sp³-hybridized carbons (Fsp3) is 0.500. The van der Waals surface area contributed by atoms with E-state index >= 15 is 0 Å². The highest BCUT2D eigenvalue weighted by atomic mass is 16.5. The van der Waals surface area contributed by atoms with Crippen LogP contribution < -0.4 is 21.9 Å². The Balaban J connectivity index is 1.25. The third-order valence-electron chi connectivity index (χ3n) is 7.20. The number of aromatic nitrogens is 4. The Labute approximate surface area is 208 Å². The van der Waals surface area contributed by atoms with Crippen molar-refractivity contribution in [1.82, 2.24) is 24.4 Å². The molecule has 2 saturated heterocycles. The van der Waals surface area contributed by atoms with Crippen LogP contribution in [-0.2, 0) is 4.74 Å². The van der Waals surface area contributed by atoms with Crippen LogP contribution in [0.5, 0.6) is 5.75 Å². The molecule has 0 radical (unpaired) electrons. The second-order valence-corrected chi connectivity index (χ2v) is 9.79. The first kappa shape index (κ1) is 24.2. The first-order valence-electron chi connectivity index (χ1n) is 12.1. The van der Waals surface area contributed by atoms with Crippen molar-refractivity contribution in [2.75, 3.05) is 44.3 Å². The fourth-order valence-corrected chi connectivity index (χ4v) is 5.31. The number of hydrogen-bond acceptors (Lipinski definition) is 10. The number of nitrogens with zero attached hydrogens (tertiary/aromatic N) is 5. The number of likely N-dealkylation sites (tertiary alicyclic amines) is 1. The van der Waals surface area contributed by atoms with Crippen LogP contribution in [0.15, 0.2) is 30.6 Å². The van der Waals surface area contributed by atoms with Gasteiger partial charge in [0.05, 0.1) is 30.2 Å². The lowest BCUT2D eigenvalue weighted by molar-refractivity contribution is -0.194. The molecule has 7 N–H and O–H groups in total. The number of fused-ring (bicyclic) bond motifs is 1. The Morgan fingerprint density at radius 1 is 1.22 bits per heavy atom. The lowest BCUT2D eigenvalue weighted by Gasteiger charge is -2.51. The number of amides is 1. The molecule has 1 spiro atoms. The summed E-state index contributed by atoms with van der Waals surface area (Å²) < 4.78 is 13.6. The second-order valence-electron chi connectivity index (χ2n) is 9.79. The second kappa shape index (κ2) is 9.19. The van der Waals surface area contributed by atoms with Crippen molar-refractivity contribution in [3.05, 3.63) is 36.2 Å². The zero-order chi connectivity index (χ0) is 25.5. The number of anilines is 2. The van der Waals surface area contributed by atoms with Gasteiger partial charge < -0.3 is 41.2 Å². The number of carbonyl (C=O) groups excluding carboxylic acids is 1. The van der Waals surface area contributed by atoms with Gasteiger partial charge in [-0.2, -0.15) is 9.97 Å². The number of nitrogen functional groups attached to an aromatic ring is 2. The van der Waals surface area contributed by atoms with Crippen LogP contribution in [0.3, 0.4) is 0 Å². The highest BCUT2D eigenvalue weighted by Crippen LogP contribution is 2.44. The first-order valence-corrected chi connectivity index (χ1v) is 12.1. The van der Waals surface area contributed by atoms with Crippen LogP contribution in [-0.4, -0.2) is 79.5 Å². The third-order valence-corrected chi connectivity index (χ3v) is 7.20. The molecular formula is C24H32N8O4. The van der Waals surface area contributed by atoms with Gasteiger partial charge in [0.15, 0.2) is 11.5 Å². The summed E-state index contributed by atoms with van der Waals surface area (Å²) in [5, 5.41) is 11.5. The molecule has 5 rings (SSSR count). The van der Waals surface area contributed by atoms with Gasteiger partial charge in [0.25, 0.3) is 5.91 Å². The minimum Gasteiger partial charge on any atom is -0.492 e. The van der Waals surface area contributed by atoms with Crippen LogP contribution in [0.2, 0.25) is 0 Å². The Morgan fingerprint density at radius 2 is 1.94 bits per heavy atom. The maximum absolute atomic E-state index is 13.0. The molecule has 1 amide bonds. The van der Waals surface area contributed by atoms with E-state index in [4.69, 9.17) is 26.7 Å². The Hall–Kier alpha value is -3.48. The lowest BCUT2D eigenvalue weighted by atomic mass is 9.75. The average Bonchev–Trinajstić information content (AvgIpc) is 3.26. The number of ether oxygens (including phenoxy) is 2. The summed E-state index contributed by atoms with van der Waals surface area (Å²) in [5.74, 6) is 0.892. The molecule has 2 aliphatic rings. The number of aliphatic hydroxyl groups is 1. The number of benzene rings is 1. The largest absolute Gasteiger partial charge is 0.492 e. The van der Waals surface area contributed by atoms with Crippen LogP contribution in [0.1, 0.15) is 42.6 Å². The van der Waals surface area contributed by atoms with E-state index in [1.165, 1.54) is 0 Å². The highest BCUT2D eigenvalue weighted by Gasteiger charge is 2.50. The number of imidazole rings is 1. The summed E-state index contributed by atoms with van der Waals surface area (Å²) in [6.07, 6.45) is 3.26. The van der Waals surface area contributed by atoms with Crippen molar-refractivity contribution in [3.63, 3.8) is 0 Å². The molecule has 0 aliphatic carbocycles. The Bertz CT molecular complexity index is 1250. The number of hydrogen-bond donors (Lipinski definition) is 4. The maximum Gasteiger partial charge on any atom is 0.253 e. The van der Waals surface area contributed by atoms with Gasteiger partial charge >= 0.3 is 0 Å². The zero-order valence-electron chi connectivity index (χ0n) is 20.3. The Morgan fingerprint density at radius 3 is 2.61 bits per heavy atom. The van der Waals surface area contributed by atoms with Gasteiger partial charge in [0.2, 0.25) is 5.95 Å². The van der Waals surface area contributed by atoms with Crippen molar-refractivity contribution < 1.29 is 19.4 Å². The molecule has 12 heteroatoms. The summed E-state index contributed by atoms with van der Waals surface area (Å²) in [6, 6.07) is 6.66. The predicted molar refractivity (Wildman–Crippen MR) is 133 cm³/mol. The zero-order valence-corrected chi connectivity index (χ0v) is 20.3.